The Morgan fingerprint density at radius 3 is 3.12 bits per heavy atom. The predicted octanol–water partition coefficient (Wildman–Crippen LogP) is 3.37. The van der Waals surface area contributed by atoms with Gasteiger partial charge in [-0.3, -0.25) is 4.79 Å². The van der Waals surface area contributed by atoms with Gasteiger partial charge in [0.1, 0.15) is 0 Å². The number of aryl methyl sites for hydroxylation is 1. The van der Waals surface area contributed by atoms with Gasteiger partial charge in [0.25, 0.3) is 0 Å². The first-order chi connectivity index (χ1) is 8.25. The molecule has 0 saturated heterocycles. The Bertz CT molecular complexity index is 500. The van der Waals surface area contributed by atoms with Crippen molar-refractivity contribution >= 4 is 11.5 Å². The molecule has 0 heterocycles. The second-order valence-corrected chi connectivity index (χ2v) is 4.97. The van der Waals surface area contributed by atoms with Crippen molar-refractivity contribution < 1.29 is 9.90 Å². The Morgan fingerprint density at radius 1 is 1.41 bits per heavy atom. The lowest BCUT2D eigenvalue weighted by atomic mass is 9.82. The molecule has 88 valence electrons. The van der Waals surface area contributed by atoms with Crippen LogP contribution in [0.2, 0.25) is 0 Å². The predicted molar refractivity (Wildman–Crippen MR) is 67.0 cm³/mol. The Morgan fingerprint density at radius 2 is 2.29 bits per heavy atom. The summed E-state index contributed by atoms with van der Waals surface area (Å²) in [6, 6.07) is 6.49. The van der Waals surface area contributed by atoms with E-state index in [-0.39, 0.29) is 6.42 Å². The molecule has 0 aliphatic heterocycles. The highest BCUT2D eigenvalue weighted by Gasteiger charge is 2.28. The number of allylic oxidation sites excluding steroid dienone is 2. The summed E-state index contributed by atoms with van der Waals surface area (Å²) in [5.74, 6) is -0.0182. The largest absolute Gasteiger partial charge is 0.481 e. The van der Waals surface area contributed by atoms with Gasteiger partial charge in [-0.25, -0.2) is 0 Å². The van der Waals surface area contributed by atoms with E-state index < -0.39 is 5.97 Å². The zero-order valence-corrected chi connectivity index (χ0v) is 9.78. The summed E-state index contributed by atoms with van der Waals surface area (Å²) < 4.78 is 0. The van der Waals surface area contributed by atoms with Crippen LogP contribution in [0.15, 0.2) is 24.3 Å². The van der Waals surface area contributed by atoms with Gasteiger partial charge < -0.3 is 5.11 Å². The van der Waals surface area contributed by atoms with Crippen molar-refractivity contribution in [2.75, 3.05) is 0 Å². The number of carboxylic acids is 1. The second kappa shape index (κ2) is 4.02. The van der Waals surface area contributed by atoms with E-state index in [1.165, 1.54) is 35.1 Å². The molecule has 2 aliphatic rings. The fourth-order valence-corrected chi connectivity index (χ4v) is 3.18. The van der Waals surface area contributed by atoms with Crippen LogP contribution < -0.4 is 0 Å². The summed E-state index contributed by atoms with van der Waals surface area (Å²) >= 11 is 0. The van der Waals surface area contributed by atoms with E-state index in [1.807, 2.05) is 0 Å². The van der Waals surface area contributed by atoms with Crippen LogP contribution in [0.25, 0.3) is 5.57 Å². The molecule has 1 atom stereocenters. The third-order valence-electron chi connectivity index (χ3n) is 3.97. The number of carbonyl (C=O) groups is 1. The van der Waals surface area contributed by atoms with Crippen LogP contribution in [-0.4, -0.2) is 11.1 Å². The highest BCUT2D eigenvalue weighted by atomic mass is 16.4. The standard InChI is InChI=1S/C15H16O2/c16-14(17)9-8-10-4-5-12-7-6-11-2-1-3-13(10)15(11)12/h1-4,12H,5-9H2,(H,16,17). The minimum Gasteiger partial charge on any atom is -0.481 e. The smallest absolute Gasteiger partial charge is 0.303 e. The molecule has 3 rings (SSSR count). The van der Waals surface area contributed by atoms with Crippen molar-refractivity contribution in [2.45, 2.75) is 38.0 Å². The minimum absolute atomic E-state index is 0.236. The third kappa shape index (κ3) is 1.78. The maximum atomic E-state index is 10.7. The lowest BCUT2D eigenvalue weighted by Gasteiger charge is -2.22. The zero-order chi connectivity index (χ0) is 11.8. The van der Waals surface area contributed by atoms with Gasteiger partial charge in [0, 0.05) is 6.42 Å². The van der Waals surface area contributed by atoms with Crippen molar-refractivity contribution in [2.24, 2.45) is 0 Å². The molecule has 0 saturated carbocycles. The highest BCUT2D eigenvalue weighted by Crippen LogP contribution is 2.44. The van der Waals surface area contributed by atoms with E-state index in [0.29, 0.717) is 12.3 Å². The average Bonchev–Trinajstić information content (AvgIpc) is 2.74. The van der Waals surface area contributed by atoms with E-state index >= 15 is 0 Å². The lowest BCUT2D eigenvalue weighted by Crippen LogP contribution is -2.05. The van der Waals surface area contributed by atoms with Crippen LogP contribution in [0.4, 0.5) is 0 Å². The molecule has 1 aromatic carbocycles. The topological polar surface area (TPSA) is 37.3 Å². The molecule has 0 bridgehead atoms. The molecule has 0 spiro atoms. The molecule has 2 heteroatoms. The SMILES string of the molecule is O=C(O)CCC1=CCC2CCc3cccc1c32. The van der Waals surface area contributed by atoms with Gasteiger partial charge in [-0.15, -0.1) is 0 Å². The molecule has 2 nitrogen and oxygen atoms in total. The zero-order valence-electron chi connectivity index (χ0n) is 9.78. The van der Waals surface area contributed by atoms with Crippen LogP contribution in [0.3, 0.4) is 0 Å². The first-order valence-electron chi connectivity index (χ1n) is 6.28. The van der Waals surface area contributed by atoms with Crippen molar-refractivity contribution in [1.82, 2.24) is 0 Å². The number of aliphatic carboxylic acids is 1. The molecule has 0 radical (unpaired) electrons. The van der Waals surface area contributed by atoms with Gasteiger partial charge in [0.15, 0.2) is 0 Å². The normalized spacial score (nSPS) is 20.9. The fourth-order valence-electron chi connectivity index (χ4n) is 3.18. The second-order valence-electron chi connectivity index (χ2n) is 4.97. The Balaban J connectivity index is 1.94. The maximum Gasteiger partial charge on any atom is 0.303 e. The van der Waals surface area contributed by atoms with Gasteiger partial charge in [0.2, 0.25) is 0 Å². The molecule has 1 unspecified atom stereocenters. The Labute approximate surface area is 101 Å². The summed E-state index contributed by atoms with van der Waals surface area (Å²) in [6.45, 7) is 0. The van der Waals surface area contributed by atoms with Crippen LogP contribution in [0.1, 0.15) is 48.3 Å². The number of rotatable bonds is 3. The van der Waals surface area contributed by atoms with Gasteiger partial charge in [0.05, 0.1) is 0 Å². The summed E-state index contributed by atoms with van der Waals surface area (Å²) in [7, 11) is 0. The van der Waals surface area contributed by atoms with E-state index in [1.54, 1.807) is 0 Å². The summed E-state index contributed by atoms with van der Waals surface area (Å²) in [5, 5.41) is 8.78. The van der Waals surface area contributed by atoms with E-state index in [4.69, 9.17) is 5.11 Å². The minimum atomic E-state index is -0.708. The van der Waals surface area contributed by atoms with E-state index in [2.05, 4.69) is 24.3 Å². The highest BCUT2D eigenvalue weighted by molar-refractivity contribution is 5.76. The van der Waals surface area contributed by atoms with Gasteiger partial charge in [-0.2, -0.15) is 0 Å². The summed E-state index contributed by atoms with van der Waals surface area (Å²) in [4.78, 5) is 10.7. The quantitative estimate of drug-likeness (QED) is 0.861. The number of hydrogen-bond acceptors (Lipinski definition) is 1. The number of hydrogen-bond donors (Lipinski definition) is 1. The fraction of sp³-hybridized carbons (Fsp3) is 0.400. The lowest BCUT2D eigenvalue weighted by molar-refractivity contribution is -0.136. The molecule has 2 aliphatic carbocycles. The van der Waals surface area contributed by atoms with Crippen LogP contribution in [-0.2, 0) is 11.2 Å². The molecule has 17 heavy (non-hydrogen) atoms. The van der Waals surface area contributed by atoms with E-state index in [0.717, 1.165) is 6.42 Å². The van der Waals surface area contributed by atoms with Gasteiger partial charge in [-0.05, 0) is 53.9 Å². The average molecular weight is 228 g/mol. The molecule has 0 amide bonds. The molecular formula is C15H16O2. The monoisotopic (exact) mass is 228 g/mol. The van der Waals surface area contributed by atoms with Crippen LogP contribution in [0.5, 0.6) is 0 Å². The molecular weight excluding hydrogens is 212 g/mol. The van der Waals surface area contributed by atoms with Gasteiger partial charge in [-0.1, -0.05) is 24.3 Å². The summed E-state index contributed by atoms with van der Waals surface area (Å²) in [6.07, 6.45) is 6.70. The number of carboxylic acid groups (broad SMARTS) is 1. The molecule has 1 aromatic rings. The first-order valence-corrected chi connectivity index (χ1v) is 6.28. The Hall–Kier alpha value is -1.57. The molecule has 1 N–H and O–H groups in total. The first kappa shape index (κ1) is 10.6. The van der Waals surface area contributed by atoms with Crippen LogP contribution in [0, 0.1) is 0 Å². The van der Waals surface area contributed by atoms with Crippen molar-refractivity contribution in [3.8, 4) is 0 Å². The Kier molecular flexibility index (Phi) is 2.50. The van der Waals surface area contributed by atoms with Crippen molar-refractivity contribution in [3.05, 3.63) is 41.0 Å². The summed E-state index contributed by atoms with van der Waals surface area (Å²) in [5.41, 5.74) is 5.55. The third-order valence-corrected chi connectivity index (χ3v) is 3.97. The molecule has 0 aromatic heterocycles. The van der Waals surface area contributed by atoms with Crippen molar-refractivity contribution in [1.29, 1.82) is 0 Å². The van der Waals surface area contributed by atoms with Crippen LogP contribution >= 0.6 is 0 Å². The molecule has 0 fully saturated rings. The number of benzene rings is 1. The maximum absolute atomic E-state index is 10.7. The van der Waals surface area contributed by atoms with E-state index in [9.17, 15) is 4.79 Å². The van der Waals surface area contributed by atoms with Gasteiger partial charge >= 0.3 is 5.97 Å². The van der Waals surface area contributed by atoms with Crippen molar-refractivity contribution in [3.63, 3.8) is 0 Å².